The zero-order chi connectivity index (χ0) is 17.2. The molecular formula is C18H20N2O4. The summed E-state index contributed by atoms with van der Waals surface area (Å²) in [7, 11) is 0. The molecule has 126 valence electrons. The quantitative estimate of drug-likeness (QED) is 0.819. The number of carbonyl (C=O) groups is 2. The number of ether oxygens (including phenoxy) is 2. The highest BCUT2D eigenvalue weighted by Crippen LogP contribution is 2.08. The summed E-state index contributed by atoms with van der Waals surface area (Å²) in [5, 5.41) is 5.26. The predicted molar refractivity (Wildman–Crippen MR) is 91.0 cm³/mol. The van der Waals surface area contributed by atoms with Gasteiger partial charge in [0.1, 0.15) is 11.9 Å². The molecule has 0 bridgehead atoms. The SMILES string of the molecule is C[C@@H](CNC(=O)COc1ccccc1)OC(=O)Nc1ccccc1. The fraction of sp³-hybridized carbons (Fsp3) is 0.222. The first-order chi connectivity index (χ1) is 11.6. The maximum absolute atomic E-state index is 11.7. The molecule has 0 unspecified atom stereocenters. The second kappa shape index (κ2) is 9.19. The minimum Gasteiger partial charge on any atom is -0.484 e. The van der Waals surface area contributed by atoms with Crippen molar-refractivity contribution in [3.05, 3.63) is 60.7 Å². The number of hydrogen-bond donors (Lipinski definition) is 2. The van der Waals surface area contributed by atoms with E-state index in [2.05, 4.69) is 10.6 Å². The molecular weight excluding hydrogens is 308 g/mol. The van der Waals surface area contributed by atoms with Gasteiger partial charge in [0.15, 0.2) is 6.61 Å². The number of anilines is 1. The van der Waals surface area contributed by atoms with Crippen molar-refractivity contribution in [3.8, 4) is 5.75 Å². The second-order valence-electron chi connectivity index (χ2n) is 5.11. The van der Waals surface area contributed by atoms with Crippen molar-refractivity contribution in [1.82, 2.24) is 5.32 Å². The summed E-state index contributed by atoms with van der Waals surface area (Å²) >= 11 is 0. The Kier molecular flexibility index (Phi) is 6.64. The molecule has 2 amide bonds. The average molecular weight is 328 g/mol. The van der Waals surface area contributed by atoms with Crippen LogP contribution in [0.3, 0.4) is 0 Å². The molecule has 2 aromatic rings. The van der Waals surface area contributed by atoms with Gasteiger partial charge in [-0.1, -0.05) is 36.4 Å². The lowest BCUT2D eigenvalue weighted by molar-refractivity contribution is -0.123. The summed E-state index contributed by atoms with van der Waals surface area (Å²) < 4.78 is 10.5. The first kappa shape index (κ1) is 17.3. The largest absolute Gasteiger partial charge is 0.484 e. The lowest BCUT2D eigenvalue weighted by Gasteiger charge is -2.15. The third kappa shape index (κ3) is 6.39. The highest BCUT2D eigenvalue weighted by atomic mass is 16.6. The van der Waals surface area contributed by atoms with Crippen LogP contribution in [0.4, 0.5) is 10.5 Å². The Morgan fingerprint density at radius 1 is 1.00 bits per heavy atom. The molecule has 24 heavy (non-hydrogen) atoms. The van der Waals surface area contributed by atoms with Crippen LogP contribution in [0.25, 0.3) is 0 Å². The Morgan fingerprint density at radius 3 is 2.29 bits per heavy atom. The van der Waals surface area contributed by atoms with E-state index < -0.39 is 12.2 Å². The summed E-state index contributed by atoms with van der Waals surface area (Å²) in [6, 6.07) is 18.1. The zero-order valence-corrected chi connectivity index (χ0v) is 13.4. The molecule has 2 aromatic carbocycles. The number of amides is 2. The van der Waals surface area contributed by atoms with Crippen LogP contribution >= 0.6 is 0 Å². The van der Waals surface area contributed by atoms with Crippen LogP contribution < -0.4 is 15.4 Å². The van der Waals surface area contributed by atoms with Crippen LogP contribution in [-0.2, 0) is 9.53 Å². The van der Waals surface area contributed by atoms with Gasteiger partial charge in [-0.3, -0.25) is 10.1 Å². The zero-order valence-electron chi connectivity index (χ0n) is 13.4. The molecule has 0 aromatic heterocycles. The van der Waals surface area contributed by atoms with Gasteiger partial charge in [0, 0.05) is 5.69 Å². The van der Waals surface area contributed by atoms with Gasteiger partial charge in [0.05, 0.1) is 6.54 Å². The molecule has 0 spiro atoms. The third-order valence-electron chi connectivity index (χ3n) is 3.03. The van der Waals surface area contributed by atoms with Crippen molar-refractivity contribution in [2.24, 2.45) is 0 Å². The molecule has 6 nitrogen and oxygen atoms in total. The van der Waals surface area contributed by atoms with Crippen molar-refractivity contribution >= 4 is 17.7 Å². The van der Waals surface area contributed by atoms with Gasteiger partial charge in [-0.25, -0.2) is 4.79 Å². The Morgan fingerprint density at radius 2 is 1.62 bits per heavy atom. The van der Waals surface area contributed by atoms with E-state index in [4.69, 9.17) is 9.47 Å². The Balaban J connectivity index is 1.64. The van der Waals surface area contributed by atoms with E-state index in [-0.39, 0.29) is 19.1 Å². The highest BCUT2D eigenvalue weighted by molar-refractivity contribution is 5.84. The van der Waals surface area contributed by atoms with Crippen LogP contribution in [-0.4, -0.2) is 31.3 Å². The van der Waals surface area contributed by atoms with Crippen LogP contribution in [0.1, 0.15) is 6.92 Å². The summed E-state index contributed by atoms with van der Waals surface area (Å²) in [6.45, 7) is 1.81. The van der Waals surface area contributed by atoms with E-state index >= 15 is 0 Å². The fourth-order valence-electron chi connectivity index (χ4n) is 1.87. The van der Waals surface area contributed by atoms with E-state index in [0.29, 0.717) is 11.4 Å². The van der Waals surface area contributed by atoms with Gasteiger partial charge in [-0.15, -0.1) is 0 Å². The number of benzene rings is 2. The Bertz CT molecular complexity index is 647. The number of nitrogens with one attached hydrogen (secondary N) is 2. The van der Waals surface area contributed by atoms with Crippen molar-refractivity contribution in [2.75, 3.05) is 18.5 Å². The maximum Gasteiger partial charge on any atom is 0.411 e. The molecule has 0 saturated carbocycles. The number of carbonyl (C=O) groups excluding carboxylic acids is 2. The molecule has 0 heterocycles. The van der Waals surface area contributed by atoms with Crippen LogP contribution in [0, 0.1) is 0 Å². The normalized spacial score (nSPS) is 11.2. The smallest absolute Gasteiger partial charge is 0.411 e. The molecule has 0 aliphatic heterocycles. The lowest BCUT2D eigenvalue weighted by atomic mass is 10.3. The molecule has 2 N–H and O–H groups in total. The summed E-state index contributed by atoms with van der Waals surface area (Å²) in [6.07, 6.45) is -1.03. The van der Waals surface area contributed by atoms with Gasteiger partial charge in [-0.2, -0.15) is 0 Å². The molecule has 1 atom stereocenters. The molecule has 0 radical (unpaired) electrons. The fourth-order valence-corrected chi connectivity index (χ4v) is 1.87. The van der Waals surface area contributed by atoms with E-state index in [0.717, 1.165) is 0 Å². The number of para-hydroxylation sites is 2. The van der Waals surface area contributed by atoms with E-state index in [1.807, 2.05) is 36.4 Å². The van der Waals surface area contributed by atoms with Crippen LogP contribution in [0.15, 0.2) is 60.7 Å². The summed E-state index contributed by atoms with van der Waals surface area (Å²) in [5.41, 5.74) is 0.648. The van der Waals surface area contributed by atoms with Crippen molar-refractivity contribution in [2.45, 2.75) is 13.0 Å². The summed E-state index contributed by atoms with van der Waals surface area (Å²) in [4.78, 5) is 23.4. The number of rotatable bonds is 7. The minimum atomic E-state index is -0.566. The van der Waals surface area contributed by atoms with Crippen molar-refractivity contribution < 1.29 is 19.1 Å². The van der Waals surface area contributed by atoms with Crippen molar-refractivity contribution in [1.29, 1.82) is 0 Å². The van der Waals surface area contributed by atoms with Crippen LogP contribution in [0.2, 0.25) is 0 Å². The standard InChI is InChI=1S/C18H20N2O4/c1-14(24-18(22)20-15-8-4-2-5-9-15)12-19-17(21)13-23-16-10-6-3-7-11-16/h2-11,14H,12-13H2,1H3,(H,19,21)(H,20,22)/t14-/m0/s1. The first-order valence-corrected chi connectivity index (χ1v) is 7.60. The van der Waals surface area contributed by atoms with Crippen molar-refractivity contribution in [3.63, 3.8) is 0 Å². The van der Waals surface area contributed by atoms with Gasteiger partial charge in [-0.05, 0) is 31.2 Å². The number of hydrogen-bond acceptors (Lipinski definition) is 4. The lowest BCUT2D eigenvalue weighted by Crippen LogP contribution is -2.36. The second-order valence-corrected chi connectivity index (χ2v) is 5.11. The first-order valence-electron chi connectivity index (χ1n) is 7.60. The maximum atomic E-state index is 11.7. The summed E-state index contributed by atoms with van der Waals surface area (Å²) in [5.74, 6) is 0.344. The molecule has 0 aliphatic rings. The molecule has 2 rings (SSSR count). The molecule has 0 fully saturated rings. The molecule has 0 saturated heterocycles. The van der Waals surface area contributed by atoms with Crippen LogP contribution in [0.5, 0.6) is 5.75 Å². The van der Waals surface area contributed by atoms with E-state index in [1.54, 1.807) is 31.2 Å². The monoisotopic (exact) mass is 328 g/mol. The third-order valence-corrected chi connectivity index (χ3v) is 3.03. The van der Waals surface area contributed by atoms with E-state index in [9.17, 15) is 9.59 Å². The molecule has 6 heteroatoms. The molecule has 0 aliphatic carbocycles. The minimum absolute atomic E-state index is 0.0903. The Labute approximate surface area is 140 Å². The van der Waals surface area contributed by atoms with Gasteiger partial charge in [0.25, 0.3) is 5.91 Å². The Hall–Kier alpha value is -3.02. The van der Waals surface area contributed by atoms with Gasteiger partial charge < -0.3 is 14.8 Å². The van der Waals surface area contributed by atoms with Gasteiger partial charge >= 0.3 is 6.09 Å². The average Bonchev–Trinajstić information content (AvgIpc) is 2.60. The predicted octanol–water partition coefficient (Wildman–Crippen LogP) is 2.82. The topological polar surface area (TPSA) is 76.7 Å². The highest BCUT2D eigenvalue weighted by Gasteiger charge is 2.11. The van der Waals surface area contributed by atoms with Gasteiger partial charge in [0.2, 0.25) is 0 Å². The van der Waals surface area contributed by atoms with E-state index in [1.165, 1.54) is 0 Å².